The number of aromatic hydroxyl groups is 2. The summed E-state index contributed by atoms with van der Waals surface area (Å²) in [5.74, 6) is -1.24. The summed E-state index contributed by atoms with van der Waals surface area (Å²) in [4.78, 5) is 40.7. The summed E-state index contributed by atoms with van der Waals surface area (Å²) in [6.45, 7) is 2.07. The molecule has 0 radical (unpaired) electrons. The Bertz CT molecular complexity index is 2240. The van der Waals surface area contributed by atoms with Crippen molar-refractivity contribution in [3.63, 3.8) is 0 Å². The first-order valence-corrected chi connectivity index (χ1v) is 20.8. The Balaban J connectivity index is 1.37. The van der Waals surface area contributed by atoms with Crippen LogP contribution in [-0.4, -0.2) is 52.9 Å². The van der Waals surface area contributed by atoms with Crippen LogP contribution in [0.4, 0.5) is 0 Å². The van der Waals surface area contributed by atoms with Gasteiger partial charge in [-0.15, -0.1) is 0 Å². The van der Waals surface area contributed by atoms with Gasteiger partial charge in [-0.1, -0.05) is 41.9 Å². The molecule has 0 unspecified atom stereocenters. The second-order valence-electron chi connectivity index (χ2n) is 15.3. The molecule has 0 amide bonds. The van der Waals surface area contributed by atoms with E-state index in [0.29, 0.717) is 43.8 Å². The molecule has 1 aromatic carbocycles. The van der Waals surface area contributed by atoms with Crippen LogP contribution in [0.5, 0.6) is 17.5 Å². The molecule has 7 rings (SSSR count). The van der Waals surface area contributed by atoms with E-state index in [1.165, 1.54) is 20.3 Å². The topological polar surface area (TPSA) is 141 Å². The first-order chi connectivity index (χ1) is 27.2. The van der Waals surface area contributed by atoms with Gasteiger partial charge in [0.25, 0.3) is 11.1 Å². The first-order valence-electron chi connectivity index (χ1n) is 20.0. The monoisotopic (exact) mass is 796 g/mol. The minimum absolute atomic E-state index is 0.0852. The Kier molecular flexibility index (Phi) is 12.8. The van der Waals surface area contributed by atoms with Crippen LogP contribution in [0.15, 0.2) is 75.6 Å². The van der Waals surface area contributed by atoms with E-state index in [9.17, 15) is 19.8 Å². The van der Waals surface area contributed by atoms with Gasteiger partial charge in [-0.3, -0.25) is 38.6 Å². The van der Waals surface area contributed by atoms with Gasteiger partial charge in [0.2, 0.25) is 11.8 Å². The van der Waals surface area contributed by atoms with Gasteiger partial charge in [-0.25, -0.2) is 0 Å². The molecule has 3 aromatic heterocycles. The Morgan fingerprint density at radius 2 is 1.48 bits per heavy atom. The van der Waals surface area contributed by atoms with Crippen LogP contribution >= 0.6 is 24.4 Å². The Morgan fingerprint density at radius 1 is 0.857 bits per heavy atom. The maximum atomic E-state index is 14.2. The second kappa shape index (κ2) is 18.1. The Morgan fingerprint density at radius 3 is 2.02 bits per heavy atom. The molecule has 296 valence electrons. The summed E-state index contributed by atoms with van der Waals surface area (Å²) >= 11 is 11.2. The summed E-state index contributed by atoms with van der Waals surface area (Å²) in [5, 5.41) is 24.3. The number of benzene rings is 1. The lowest BCUT2D eigenvalue weighted by Crippen LogP contribution is -2.33. The molecule has 3 aliphatic rings. The molecule has 1 aliphatic heterocycles. The number of H-pyrrole nitrogens is 2. The number of nitrogens with zero attached hydrogens (tertiary/aromatic N) is 4. The quantitative estimate of drug-likeness (QED) is 0.0773. The molecule has 4 aromatic rings. The third-order valence-corrected chi connectivity index (χ3v) is 12.4. The van der Waals surface area contributed by atoms with Gasteiger partial charge in [0.1, 0.15) is 5.75 Å². The number of hydrogen-bond donors (Lipinski definition) is 4. The molecule has 13 heteroatoms. The van der Waals surface area contributed by atoms with Crippen molar-refractivity contribution in [2.45, 2.75) is 115 Å². The molecule has 1 fully saturated rings. The average Bonchev–Trinajstić information content (AvgIpc) is 3.21. The van der Waals surface area contributed by atoms with Crippen molar-refractivity contribution in [2.24, 2.45) is 0 Å². The van der Waals surface area contributed by atoms with E-state index in [4.69, 9.17) is 29.2 Å². The van der Waals surface area contributed by atoms with E-state index >= 15 is 0 Å². The number of ether oxygens (including phenoxy) is 1. The SMILES string of the molecule is COc1ccc(C(c2c(O)n(CCC3=CCCCC3)c(=S)[nH]c2=O)c2c(O)n(CCC3=CCCCC3)c(=S)[nH]c2=O)cc1CN1CCCC[C@H]1c1cccnc1. The van der Waals surface area contributed by atoms with E-state index in [1.54, 1.807) is 19.4 Å². The standard InChI is InChI=1S/C43H52N6O5S2/c1-54-34-18-17-30(25-32(34)27-47-22-9-8-16-33(47)31-15-10-21-44-26-31)35(36-38(50)45-42(55)48(40(36)52)23-19-28-11-4-2-5-12-28)37-39(51)46-43(56)49(41(37)53)24-20-29-13-6-3-7-14-29/h10-11,13,15,17-18,21,25-26,33,35,52-53H,2-9,12,14,16,19-20,22-24,27H2,1H3,(H,45,50,55)(H,46,51,56)/t33-/m0/s1. The lowest BCUT2D eigenvalue weighted by Gasteiger charge is -2.36. The van der Waals surface area contributed by atoms with Crippen LogP contribution in [-0.2, 0) is 19.6 Å². The maximum absolute atomic E-state index is 14.2. The predicted octanol–water partition coefficient (Wildman–Crippen LogP) is 8.63. The summed E-state index contributed by atoms with van der Waals surface area (Å²) in [7, 11) is 1.62. The molecule has 0 bridgehead atoms. The number of hydrogen-bond acceptors (Lipinski definition) is 9. The fourth-order valence-corrected chi connectivity index (χ4v) is 9.33. The van der Waals surface area contributed by atoms with E-state index in [-0.39, 0.29) is 38.5 Å². The van der Waals surface area contributed by atoms with E-state index in [1.807, 2.05) is 24.4 Å². The number of piperidine rings is 1. The minimum atomic E-state index is -1.20. The molecule has 4 N–H and O–H groups in total. The van der Waals surface area contributed by atoms with Gasteiger partial charge in [-0.2, -0.15) is 0 Å². The molecule has 0 saturated carbocycles. The van der Waals surface area contributed by atoms with E-state index < -0.39 is 17.0 Å². The maximum Gasteiger partial charge on any atom is 0.259 e. The Labute approximate surface area is 337 Å². The third-order valence-electron chi connectivity index (χ3n) is 11.8. The van der Waals surface area contributed by atoms with Crippen LogP contribution in [0.2, 0.25) is 0 Å². The summed E-state index contributed by atoms with van der Waals surface area (Å²) in [5.41, 5.74) is 3.62. The Hall–Kier alpha value is -4.59. The van der Waals surface area contributed by atoms with Crippen molar-refractivity contribution in [3.8, 4) is 17.5 Å². The van der Waals surface area contributed by atoms with Gasteiger partial charge >= 0.3 is 0 Å². The highest BCUT2D eigenvalue weighted by molar-refractivity contribution is 7.71. The minimum Gasteiger partial charge on any atom is -0.496 e. The van der Waals surface area contributed by atoms with Crippen molar-refractivity contribution < 1.29 is 14.9 Å². The lowest BCUT2D eigenvalue weighted by atomic mass is 9.85. The predicted molar refractivity (Wildman–Crippen MR) is 223 cm³/mol. The number of nitrogens with one attached hydrogen (secondary N) is 2. The molecule has 1 saturated heterocycles. The third kappa shape index (κ3) is 8.69. The molecule has 1 atom stereocenters. The highest BCUT2D eigenvalue weighted by Crippen LogP contribution is 2.40. The molecule has 0 spiro atoms. The zero-order chi connectivity index (χ0) is 39.2. The molecular formula is C43H52N6O5S2. The molecule has 4 heterocycles. The number of methoxy groups -OCH3 is 1. The van der Waals surface area contributed by atoms with E-state index in [0.717, 1.165) is 88.3 Å². The highest BCUT2D eigenvalue weighted by atomic mass is 32.1. The van der Waals surface area contributed by atoms with E-state index in [2.05, 4.69) is 38.1 Å². The van der Waals surface area contributed by atoms with Gasteiger partial charge in [0, 0.05) is 43.6 Å². The number of aromatic amines is 2. The van der Waals surface area contributed by atoms with Crippen molar-refractivity contribution >= 4 is 24.4 Å². The van der Waals surface area contributed by atoms with Gasteiger partial charge in [-0.05, 0) is 137 Å². The van der Waals surface area contributed by atoms with Crippen molar-refractivity contribution in [1.29, 1.82) is 0 Å². The zero-order valence-electron chi connectivity index (χ0n) is 32.1. The van der Waals surface area contributed by atoms with Crippen molar-refractivity contribution in [2.75, 3.05) is 13.7 Å². The van der Waals surface area contributed by atoms with Gasteiger partial charge in [0.15, 0.2) is 9.54 Å². The number of rotatable bonds is 13. The number of pyridine rings is 1. The zero-order valence-corrected chi connectivity index (χ0v) is 33.7. The molecule has 11 nitrogen and oxygen atoms in total. The van der Waals surface area contributed by atoms with Crippen molar-refractivity contribution in [3.05, 3.63) is 124 Å². The lowest BCUT2D eigenvalue weighted by molar-refractivity contribution is 0.139. The van der Waals surface area contributed by atoms with Crippen LogP contribution in [0.1, 0.15) is 123 Å². The highest BCUT2D eigenvalue weighted by Gasteiger charge is 2.33. The molecule has 2 aliphatic carbocycles. The number of likely N-dealkylation sites (tertiary alicyclic amines) is 1. The summed E-state index contributed by atoms with van der Waals surface area (Å²) in [6.07, 6.45) is 21.2. The summed E-state index contributed by atoms with van der Waals surface area (Å²) in [6, 6.07) is 9.75. The largest absolute Gasteiger partial charge is 0.496 e. The van der Waals surface area contributed by atoms with Gasteiger partial charge < -0.3 is 14.9 Å². The van der Waals surface area contributed by atoms with Crippen molar-refractivity contribution in [1.82, 2.24) is 29.0 Å². The number of allylic oxidation sites excluding steroid dienone is 4. The van der Waals surface area contributed by atoms with Crippen LogP contribution in [0, 0.1) is 9.54 Å². The van der Waals surface area contributed by atoms with Crippen LogP contribution in [0.3, 0.4) is 0 Å². The van der Waals surface area contributed by atoms with Crippen LogP contribution in [0.25, 0.3) is 0 Å². The molecule has 56 heavy (non-hydrogen) atoms. The fraction of sp³-hybridized carbons (Fsp3) is 0.465. The first kappa shape index (κ1) is 39.6. The smallest absolute Gasteiger partial charge is 0.259 e. The summed E-state index contributed by atoms with van der Waals surface area (Å²) < 4.78 is 9.13. The average molecular weight is 797 g/mol. The number of aromatic nitrogens is 5. The normalized spacial score (nSPS) is 17.8. The second-order valence-corrected chi connectivity index (χ2v) is 16.1. The fourth-order valence-electron chi connectivity index (χ4n) is 8.79. The molecular weight excluding hydrogens is 745 g/mol. The van der Waals surface area contributed by atoms with Crippen LogP contribution < -0.4 is 15.9 Å². The van der Waals surface area contributed by atoms with Gasteiger partial charge in [0.05, 0.1) is 24.2 Å².